The molecule has 7 nitrogen and oxygen atoms in total. The minimum absolute atomic E-state index is 0.251. The molecule has 3 rings (SSSR count). The molecule has 0 atom stereocenters. The molecule has 2 aromatic rings. The number of imide groups is 2. The fourth-order valence-electron chi connectivity index (χ4n) is 2.70. The number of carbonyl (C=O) groups excluding carboxylic acids is 3. The van der Waals surface area contributed by atoms with Crippen LogP contribution in [0.3, 0.4) is 0 Å². The van der Waals surface area contributed by atoms with Gasteiger partial charge in [0.05, 0.1) is 0 Å². The molecule has 0 spiro atoms. The number of barbiturate groups is 1. The molecular formula is C18H18N4O3. The number of hydrogen-bond donors (Lipinski definition) is 0. The largest absolute Gasteiger partial charge is 0.333 e. The number of aromatic nitrogens is 2. The maximum absolute atomic E-state index is 12.6. The first kappa shape index (κ1) is 16.8. The highest BCUT2D eigenvalue weighted by Crippen LogP contribution is 2.14. The van der Waals surface area contributed by atoms with E-state index >= 15 is 0 Å². The van der Waals surface area contributed by atoms with Gasteiger partial charge in [0.25, 0.3) is 0 Å². The lowest BCUT2D eigenvalue weighted by atomic mass is 10.1. The lowest BCUT2D eigenvalue weighted by Crippen LogP contribution is -2.55. The predicted octanol–water partition coefficient (Wildman–Crippen LogP) is 1.44. The summed E-state index contributed by atoms with van der Waals surface area (Å²) in [4.78, 5) is 47.0. The summed E-state index contributed by atoms with van der Waals surface area (Å²) in [6, 6.07) is 6.82. The first-order valence-corrected chi connectivity index (χ1v) is 8.07. The second-order valence-electron chi connectivity index (χ2n) is 5.76. The van der Waals surface area contributed by atoms with Gasteiger partial charge in [0.1, 0.15) is 6.42 Å². The smallest absolute Gasteiger partial charge is 0.274 e. The van der Waals surface area contributed by atoms with Crippen LogP contribution in [0.15, 0.2) is 49.1 Å². The molecule has 4 amide bonds. The number of hydrogen-bond acceptors (Lipinski definition) is 5. The normalized spacial score (nSPS) is 15.0. The van der Waals surface area contributed by atoms with E-state index in [0.717, 1.165) is 20.9 Å². The molecule has 0 aliphatic carbocycles. The summed E-state index contributed by atoms with van der Waals surface area (Å²) in [5.41, 5.74) is 1.96. The highest BCUT2D eigenvalue weighted by atomic mass is 16.2. The van der Waals surface area contributed by atoms with Crippen LogP contribution in [0.2, 0.25) is 0 Å². The first-order chi connectivity index (χ1) is 12.1. The van der Waals surface area contributed by atoms with Crippen molar-refractivity contribution in [1.29, 1.82) is 0 Å². The molecule has 1 aliphatic rings. The van der Waals surface area contributed by atoms with Gasteiger partial charge in [0.15, 0.2) is 0 Å². The molecule has 1 aliphatic heterocycles. The van der Waals surface area contributed by atoms with Crippen molar-refractivity contribution in [1.82, 2.24) is 19.8 Å². The summed E-state index contributed by atoms with van der Waals surface area (Å²) in [6.45, 7) is 0.501. The van der Waals surface area contributed by atoms with E-state index in [1.54, 1.807) is 24.8 Å². The van der Waals surface area contributed by atoms with Crippen LogP contribution in [0.5, 0.6) is 0 Å². The van der Waals surface area contributed by atoms with Gasteiger partial charge in [-0.3, -0.25) is 29.4 Å². The number of pyridine rings is 2. The molecule has 2 aromatic heterocycles. The van der Waals surface area contributed by atoms with Crippen LogP contribution in [-0.4, -0.2) is 50.7 Å². The Balaban J connectivity index is 1.64. The second kappa shape index (κ2) is 7.65. The van der Waals surface area contributed by atoms with Crippen LogP contribution in [0.1, 0.15) is 17.5 Å². The molecule has 0 bridgehead atoms. The third kappa shape index (κ3) is 4.06. The first-order valence-electron chi connectivity index (χ1n) is 8.07. The summed E-state index contributed by atoms with van der Waals surface area (Å²) in [7, 11) is 0. The molecule has 0 N–H and O–H groups in total. The van der Waals surface area contributed by atoms with Crippen molar-refractivity contribution in [2.24, 2.45) is 0 Å². The Kier molecular flexibility index (Phi) is 5.13. The van der Waals surface area contributed by atoms with Gasteiger partial charge in [-0.1, -0.05) is 0 Å². The van der Waals surface area contributed by atoms with Crippen molar-refractivity contribution >= 4 is 17.8 Å². The number of amides is 4. The number of urea groups is 1. The molecule has 0 aromatic carbocycles. The summed E-state index contributed by atoms with van der Waals surface area (Å²) >= 11 is 0. The van der Waals surface area contributed by atoms with Gasteiger partial charge in [-0.2, -0.15) is 0 Å². The van der Waals surface area contributed by atoms with Crippen LogP contribution in [0, 0.1) is 0 Å². The van der Waals surface area contributed by atoms with E-state index < -0.39 is 17.8 Å². The van der Waals surface area contributed by atoms with Crippen LogP contribution < -0.4 is 0 Å². The van der Waals surface area contributed by atoms with Crippen molar-refractivity contribution in [3.63, 3.8) is 0 Å². The quantitative estimate of drug-likeness (QED) is 0.744. The molecule has 1 saturated heterocycles. The van der Waals surface area contributed by atoms with Gasteiger partial charge in [-0.05, 0) is 48.2 Å². The molecule has 0 unspecified atom stereocenters. The number of rotatable bonds is 6. The molecule has 1 fully saturated rings. The van der Waals surface area contributed by atoms with Crippen LogP contribution >= 0.6 is 0 Å². The summed E-state index contributed by atoms with van der Waals surface area (Å²) in [5.74, 6) is -0.881. The van der Waals surface area contributed by atoms with E-state index in [4.69, 9.17) is 0 Å². The van der Waals surface area contributed by atoms with Crippen LogP contribution in [0.4, 0.5) is 4.79 Å². The molecule has 128 valence electrons. The molecule has 7 heteroatoms. The molecular weight excluding hydrogens is 320 g/mol. The average Bonchev–Trinajstić information content (AvgIpc) is 2.63. The summed E-state index contributed by atoms with van der Waals surface area (Å²) in [5, 5.41) is 0. The van der Waals surface area contributed by atoms with Gasteiger partial charge >= 0.3 is 6.03 Å². The Bertz CT molecular complexity index is 701. The van der Waals surface area contributed by atoms with Gasteiger partial charge in [0, 0.05) is 37.9 Å². The second-order valence-corrected chi connectivity index (χ2v) is 5.76. The Morgan fingerprint density at radius 1 is 0.720 bits per heavy atom. The zero-order chi connectivity index (χ0) is 17.6. The highest BCUT2D eigenvalue weighted by Gasteiger charge is 2.37. The zero-order valence-electron chi connectivity index (χ0n) is 13.7. The Morgan fingerprint density at radius 2 is 1.12 bits per heavy atom. The summed E-state index contributed by atoms with van der Waals surface area (Å²) < 4.78 is 0. The summed E-state index contributed by atoms with van der Waals surface area (Å²) in [6.07, 6.45) is 7.47. The molecule has 3 heterocycles. The molecule has 25 heavy (non-hydrogen) atoms. The van der Waals surface area contributed by atoms with Crippen molar-refractivity contribution in [3.05, 3.63) is 60.2 Å². The van der Waals surface area contributed by atoms with E-state index in [2.05, 4.69) is 9.97 Å². The third-order valence-corrected chi connectivity index (χ3v) is 4.11. The topological polar surface area (TPSA) is 83.5 Å². The SMILES string of the molecule is O=C1CC(=O)N(CCc2ccncc2)C(=O)N1CCc1ccncc1. The fraction of sp³-hybridized carbons (Fsp3) is 0.278. The van der Waals surface area contributed by atoms with Gasteiger partial charge < -0.3 is 0 Å². The average molecular weight is 338 g/mol. The Hall–Kier alpha value is -3.09. The minimum atomic E-state index is -0.538. The lowest BCUT2D eigenvalue weighted by molar-refractivity contribution is -0.142. The van der Waals surface area contributed by atoms with E-state index in [9.17, 15) is 14.4 Å². The monoisotopic (exact) mass is 338 g/mol. The van der Waals surface area contributed by atoms with E-state index in [-0.39, 0.29) is 19.5 Å². The van der Waals surface area contributed by atoms with Gasteiger partial charge in [-0.15, -0.1) is 0 Å². The molecule has 0 radical (unpaired) electrons. The van der Waals surface area contributed by atoms with Crippen LogP contribution in [0.25, 0.3) is 0 Å². The van der Waals surface area contributed by atoms with Crippen molar-refractivity contribution in [2.75, 3.05) is 13.1 Å². The third-order valence-electron chi connectivity index (χ3n) is 4.11. The Morgan fingerprint density at radius 3 is 1.52 bits per heavy atom. The van der Waals surface area contributed by atoms with E-state index in [0.29, 0.717) is 12.8 Å². The minimum Gasteiger partial charge on any atom is -0.274 e. The standard InChI is InChI=1S/C18H18N4O3/c23-16-13-17(24)22(12-6-15-3-9-20-10-4-15)18(25)21(16)11-5-14-1-7-19-8-2-14/h1-4,7-10H,5-6,11-13H2. The Labute approximate surface area is 145 Å². The van der Waals surface area contributed by atoms with Crippen LogP contribution in [-0.2, 0) is 22.4 Å². The van der Waals surface area contributed by atoms with E-state index in [1.165, 1.54) is 0 Å². The van der Waals surface area contributed by atoms with Crippen molar-refractivity contribution in [2.45, 2.75) is 19.3 Å². The predicted molar refractivity (Wildman–Crippen MR) is 89.3 cm³/mol. The maximum atomic E-state index is 12.6. The van der Waals surface area contributed by atoms with Gasteiger partial charge in [-0.25, -0.2) is 4.79 Å². The van der Waals surface area contributed by atoms with Gasteiger partial charge in [0.2, 0.25) is 11.8 Å². The number of carbonyl (C=O) groups is 3. The highest BCUT2D eigenvalue weighted by molar-refractivity contribution is 6.14. The maximum Gasteiger partial charge on any atom is 0.333 e. The fourth-order valence-corrected chi connectivity index (χ4v) is 2.70. The zero-order valence-corrected chi connectivity index (χ0v) is 13.7. The van der Waals surface area contributed by atoms with Crippen molar-refractivity contribution < 1.29 is 14.4 Å². The van der Waals surface area contributed by atoms with E-state index in [1.807, 2.05) is 24.3 Å². The lowest BCUT2D eigenvalue weighted by Gasteiger charge is -2.32. The van der Waals surface area contributed by atoms with Crippen molar-refractivity contribution in [3.8, 4) is 0 Å². The molecule has 0 saturated carbocycles. The number of nitrogens with zero attached hydrogens (tertiary/aromatic N) is 4.